The topological polar surface area (TPSA) is 68.2 Å². The summed E-state index contributed by atoms with van der Waals surface area (Å²) in [7, 11) is 3.18. The highest BCUT2D eigenvalue weighted by Gasteiger charge is 2.24. The zero-order valence-corrected chi connectivity index (χ0v) is 12.4. The van der Waals surface area contributed by atoms with Gasteiger partial charge in [0.05, 0.1) is 40.0 Å². The number of carbonyl (C=O) groups is 1. The van der Waals surface area contributed by atoms with Crippen molar-refractivity contribution in [3.63, 3.8) is 0 Å². The zero-order valence-electron chi connectivity index (χ0n) is 12.4. The van der Waals surface area contributed by atoms with Gasteiger partial charge in [0.1, 0.15) is 11.5 Å². The number of amides is 1. The Morgan fingerprint density at radius 1 is 1.38 bits per heavy atom. The molecule has 1 aromatic rings. The van der Waals surface area contributed by atoms with Crippen LogP contribution in [0, 0.1) is 0 Å². The molecule has 0 aliphatic carbocycles. The quantitative estimate of drug-likeness (QED) is 0.871. The summed E-state index contributed by atoms with van der Waals surface area (Å²) < 4.78 is 15.9. The first kappa shape index (κ1) is 15.6. The number of carbonyl (C=O) groups excluding carboxylic acids is 1. The van der Waals surface area contributed by atoms with E-state index in [9.17, 15) is 9.90 Å². The lowest BCUT2D eigenvalue weighted by Gasteiger charge is -2.24. The lowest BCUT2D eigenvalue weighted by Crippen LogP contribution is -2.36. The molecular weight excluding hydrogens is 274 g/mol. The van der Waals surface area contributed by atoms with Crippen molar-refractivity contribution >= 4 is 5.91 Å². The maximum Gasteiger partial charge on any atom is 0.225 e. The summed E-state index contributed by atoms with van der Waals surface area (Å²) in [5.41, 5.74) is 0.894. The third-order valence-electron chi connectivity index (χ3n) is 3.51. The van der Waals surface area contributed by atoms with Crippen LogP contribution in [0.5, 0.6) is 11.5 Å². The highest BCUT2D eigenvalue weighted by Crippen LogP contribution is 2.26. The van der Waals surface area contributed by atoms with Crippen LogP contribution in [-0.2, 0) is 16.1 Å². The van der Waals surface area contributed by atoms with Gasteiger partial charge in [-0.2, -0.15) is 0 Å². The van der Waals surface area contributed by atoms with Crippen molar-refractivity contribution in [2.75, 3.05) is 34.0 Å². The van der Waals surface area contributed by atoms with Crippen LogP contribution in [0.3, 0.4) is 0 Å². The average Bonchev–Trinajstić information content (AvgIpc) is 2.69. The van der Waals surface area contributed by atoms with Crippen LogP contribution in [0.4, 0.5) is 0 Å². The molecule has 21 heavy (non-hydrogen) atoms. The number of rotatable bonds is 5. The predicted octanol–water partition coefficient (Wildman–Crippen LogP) is 0.814. The highest BCUT2D eigenvalue weighted by molar-refractivity contribution is 5.76. The molecule has 2 rings (SSSR count). The number of benzene rings is 1. The van der Waals surface area contributed by atoms with Gasteiger partial charge in [-0.1, -0.05) is 0 Å². The average molecular weight is 295 g/mol. The van der Waals surface area contributed by atoms with Gasteiger partial charge in [0.25, 0.3) is 0 Å². The Labute approximate surface area is 124 Å². The van der Waals surface area contributed by atoms with E-state index in [0.29, 0.717) is 37.6 Å². The van der Waals surface area contributed by atoms with E-state index in [1.807, 2.05) is 12.1 Å². The van der Waals surface area contributed by atoms with Crippen molar-refractivity contribution in [2.45, 2.75) is 19.1 Å². The molecule has 1 aliphatic heterocycles. The molecule has 0 aromatic heterocycles. The van der Waals surface area contributed by atoms with Gasteiger partial charge in [-0.15, -0.1) is 0 Å². The summed E-state index contributed by atoms with van der Waals surface area (Å²) in [5, 5.41) is 9.25. The Bertz CT molecular complexity index is 491. The maximum atomic E-state index is 12.1. The van der Waals surface area contributed by atoms with Gasteiger partial charge < -0.3 is 24.2 Å². The molecule has 0 saturated carbocycles. The third-order valence-corrected chi connectivity index (χ3v) is 3.51. The van der Waals surface area contributed by atoms with Gasteiger partial charge in [-0.3, -0.25) is 4.79 Å². The van der Waals surface area contributed by atoms with Crippen LogP contribution >= 0.6 is 0 Å². The molecule has 1 fully saturated rings. The molecule has 6 nitrogen and oxygen atoms in total. The standard InChI is InChI=1S/C15H21NO5/c1-19-12-4-3-11(14(7-12)20-2)8-16-9-13(10-17)21-6-5-15(16)18/h3-4,7,13,17H,5-6,8-10H2,1-2H3. The molecule has 1 aromatic carbocycles. The number of hydrogen-bond donors (Lipinski definition) is 1. The zero-order chi connectivity index (χ0) is 15.2. The monoisotopic (exact) mass is 295 g/mol. The summed E-state index contributed by atoms with van der Waals surface area (Å²) in [5.74, 6) is 1.39. The smallest absolute Gasteiger partial charge is 0.225 e. The fourth-order valence-electron chi connectivity index (χ4n) is 2.32. The molecule has 0 radical (unpaired) electrons. The summed E-state index contributed by atoms with van der Waals surface area (Å²) >= 11 is 0. The first-order valence-corrected chi connectivity index (χ1v) is 6.89. The van der Waals surface area contributed by atoms with Gasteiger partial charge in [0.15, 0.2) is 0 Å². The lowest BCUT2D eigenvalue weighted by molar-refractivity contribution is -0.131. The molecule has 1 saturated heterocycles. The van der Waals surface area contributed by atoms with E-state index in [1.54, 1.807) is 25.2 Å². The van der Waals surface area contributed by atoms with Crippen LogP contribution in [-0.4, -0.2) is 56.0 Å². The number of aliphatic hydroxyl groups excluding tert-OH is 1. The number of nitrogens with zero attached hydrogens (tertiary/aromatic N) is 1. The fraction of sp³-hybridized carbons (Fsp3) is 0.533. The number of aliphatic hydroxyl groups is 1. The van der Waals surface area contributed by atoms with E-state index >= 15 is 0 Å². The van der Waals surface area contributed by atoms with E-state index in [1.165, 1.54) is 0 Å². The predicted molar refractivity (Wildman–Crippen MR) is 76.4 cm³/mol. The molecule has 1 amide bonds. The van der Waals surface area contributed by atoms with E-state index in [-0.39, 0.29) is 18.6 Å². The molecule has 1 atom stereocenters. The Balaban J connectivity index is 2.16. The van der Waals surface area contributed by atoms with Gasteiger partial charge in [-0.05, 0) is 12.1 Å². The summed E-state index contributed by atoms with van der Waals surface area (Å²) in [4.78, 5) is 13.8. The molecule has 0 spiro atoms. The fourth-order valence-corrected chi connectivity index (χ4v) is 2.32. The minimum absolute atomic E-state index is 0.0174. The van der Waals surface area contributed by atoms with Gasteiger partial charge in [-0.25, -0.2) is 0 Å². The molecule has 6 heteroatoms. The molecule has 1 N–H and O–H groups in total. The van der Waals surface area contributed by atoms with Crippen LogP contribution in [0.2, 0.25) is 0 Å². The van der Waals surface area contributed by atoms with Crippen molar-refractivity contribution in [3.8, 4) is 11.5 Å². The minimum atomic E-state index is -0.333. The minimum Gasteiger partial charge on any atom is -0.497 e. The van der Waals surface area contributed by atoms with Crippen LogP contribution in [0.15, 0.2) is 18.2 Å². The number of hydrogen-bond acceptors (Lipinski definition) is 5. The second-order valence-corrected chi connectivity index (χ2v) is 4.88. The van der Waals surface area contributed by atoms with Crippen LogP contribution < -0.4 is 9.47 Å². The second kappa shape index (κ2) is 7.28. The third kappa shape index (κ3) is 3.86. The van der Waals surface area contributed by atoms with E-state index in [4.69, 9.17) is 14.2 Å². The Hall–Kier alpha value is -1.79. The Morgan fingerprint density at radius 3 is 2.86 bits per heavy atom. The molecule has 1 heterocycles. The molecule has 116 valence electrons. The van der Waals surface area contributed by atoms with Crippen molar-refractivity contribution < 1.29 is 24.1 Å². The van der Waals surface area contributed by atoms with E-state index in [0.717, 1.165) is 5.56 Å². The maximum absolute atomic E-state index is 12.1. The van der Waals surface area contributed by atoms with Crippen molar-refractivity contribution in [1.29, 1.82) is 0 Å². The van der Waals surface area contributed by atoms with Crippen LogP contribution in [0.25, 0.3) is 0 Å². The van der Waals surface area contributed by atoms with Crippen molar-refractivity contribution in [3.05, 3.63) is 23.8 Å². The van der Waals surface area contributed by atoms with E-state index in [2.05, 4.69) is 0 Å². The van der Waals surface area contributed by atoms with Gasteiger partial charge in [0.2, 0.25) is 5.91 Å². The summed E-state index contributed by atoms with van der Waals surface area (Å²) in [6, 6.07) is 5.50. The molecule has 1 unspecified atom stereocenters. The first-order chi connectivity index (χ1) is 10.2. The SMILES string of the molecule is COc1ccc(CN2CC(CO)OCCC2=O)c(OC)c1. The lowest BCUT2D eigenvalue weighted by atomic mass is 10.1. The largest absolute Gasteiger partial charge is 0.497 e. The molecular formula is C15H21NO5. The van der Waals surface area contributed by atoms with Crippen molar-refractivity contribution in [1.82, 2.24) is 4.90 Å². The Morgan fingerprint density at radius 2 is 2.19 bits per heavy atom. The van der Waals surface area contributed by atoms with Gasteiger partial charge >= 0.3 is 0 Å². The first-order valence-electron chi connectivity index (χ1n) is 6.89. The summed E-state index contributed by atoms with van der Waals surface area (Å²) in [6.45, 7) is 1.06. The Kier molecular flexibility index (Phi) is 5.41. The molecule has 0 bridgehead atoms. The van der Waals surface area contributed by atoms with Crippen LogP contribution in [0.1, 0.15) is 12.0 Å². The highest BCUT2D eigenvalue weighted by atomic mass is 16.5. The van der Waals surface area contributed by atoms with E-state index < -0.39 is 0 Å². The summed E-state index contributed by atoms with van der Waals surface area (Å²) in [6.07, 6.45) is -0.00435. The molecule has 1 aliphatic rings. The number of methoxy groups -OCH3 is 2. The number of ether oxygens (including phenoxy) is 3. The van der Waals surface area contributed by atoms with Gasteiger partial charge in [0, 0.05) is 24.7 Å². The van der Waals surface area contributed by atoms with Crippen molar-refractivity contribution in [2.24, 2.45) is 0 Å². The normalized spacial score (nSPS) is 19.3. The second-order valence-electron chi connectivity index (χ2n) is 4.88.